The fourth-order valence-corrected chi connectivity index (χ4v) is 1.69. The van der Waals surface area contributed by atoms with E-state index in [0.717, 1.165) is 0 Å². The molecule has 1 N–H and O–H groups in total. The van der Waals surface area contributed by atoms with Gasteiger partial charge in [0.2, 0.25) is 0 Å². The van der Waals surface area contributed by atoms with Gasteiger partial charge in [0, 0.05) is 17.0 Å². The predicted octanol–water partition coefficient (Wildman–Crippen LogP) is 2.93. The third-order valence-electron chi connectivity index (χ3n) is 2.10. The van der Waals surface area contributed by atoms with E-state index in [1.807, 2.05) is 0 Å². The highest BCUT2D eigenvalue weighted by Gasteiger charge is 2.10. The van der Waals surface area contributed by atoms with Crippen molar-refractivity contribution in [3.63, 3.8) is 0 Å². The second-order valence-electron chi connectivity index (χ2n) is 3.21. The maximum atomic E-state index is 13.5. The van der Waals surface area contributed by atoms with Crippen LogP contribution in [0.25, 0.3) is 0 Å². The molecule has 0 atom stereocenters. The molecule has 0 saturated heterocycles. The van der Waals surface area contributed by atoms with Crippen LogP contribution in [-0.4, -0.2) is 15.2 Å². The second kappa shape index (κ2) is 4.80. The van der Waals surface area contributed by atoms with E-state index in [2.05, 4.69) is 15.2 Å². The van der Waals surface area contributed by atoms with Crippen LogP contribution in [0.1, 0.15) is 17.2 Å². The average Bonchev–Trinajstić information content (AvgIpc) is 2.71. The lowest BCUT2D eigenvalue weighted by molar-refractivity contribution is 0.612. The molecule has 0 amide bonds. The normalized spacial score (nSPS) is 10.7. The second-order valence-corrected chi connectivity index (χ2v) is 3.88. The van der Waals surface area contributed by atoms with Crippen molar-refractivity contribution in [3.05, 3.63) is 46.3 Å². The van der Waals surface area contributed by atoms with Crippen molar-refractivity contribution in [1.82, 2.24) is 15.2 Å². The van der Waals surface area contributed by atoms with Gasteiger partial charge in [-0.05, 0) is 12.1 Å². The molecule has 0 fully saturated rings. The first-order valence-corrected chi connectivity index (χ1v) is 5.51. The lowest BCUT2D eigenvalue weighted by atomic mass is 10.1. The summed E-state index contributed by atoms with van der Waals surface area (Å²) < 4.78 is 13.5. The Bertz CT molecular complexity index is 478. The Morgan fingerprint density at radius 1 is 1.38 bits per heavy atom. The summed E-state index contributed by atoms with van der Waals surface area (Å²) >= 11 is 11.5. The van der Waals surface area contributed by atoms with Gasteiger partial charge >= 0.3 is 0 Å². The standard InChI is InChI=1S/C10H8Cl2FN3/c11-5-10-14-9(15-16-10)4-6-7(12)2-1-3-8(6)13/h1-3H,4-5H2,(H,14,15,16). The van der Waals surface area contributed by atoms with Gasteiger partial charge in [-0.1, -0.05) is 17.7 Å². The van der Waals surface area contributed by atoms with Gasteiger partial charge in [0.05, 0.1) is 5.88 Å². The van der Waals surface area contributed by atoms with Crippen molar-refractivity contribution in [2.24, 2.45) is 0 Å². The fraction of sp³-hybridized carbons (Fsp3) is 0.200. The van der Waals surface area contributed by atoms with Crippen LogP contribution in [0.2, 0.25) is 5.02 Å². The molecule has 1 aromatic carbocycles. The molecule has 0 saturated carbocycles. The Kier molecular flexibility index (Phi) is 3.41. The third-order valence-corrected chi connectivity index (χ3v) is 2.70. The number of benzene rings is 1. The molecule has 1 heterocycles. The third kappa shape index (κ3) is 2.33. The molecule has 2 rings (SSSR count). The summed E-state index contributed by atoms with van der Waals surface area (Å²) in [6.45, 7) is 0. The first kappa shape index (κ1) is 11.4. The number of nitrogens with zero attached hydrogens (tertiary/aromatic N) is 2. The van der Waals surface area contributed by atoms with E-state index in [4.69, 9.17) is 23.2 Å². The van der Waals surface area contributed by atoms with E-state index in [1.165, 1.54) is 6.07 Å². The molecule has 2 aromatic rings. The van der Waals surface area contributed by atoms with Crippen molar-refractivity contribution >= 4 is 23.2 Å². The summed E-state index contributed by atoms with van der Waals surface area (Å²) in [7, 11) is 0. The quantitative estimate of drug-likeness (QED) is 0.862. The van der Waals surface area contributed by atoms with Gasteiger partial charge in [0.25, 0.3) is 0 Å². The number of alkyl halides is 1. The molecule has 0 spiro atoms. The summed E-state index contributed by atoms with van der Waals surface area (Å²) in [6.07, 6.45) is 0.273. The molecule has 0 unspecified atom stereocenters. The molecule has 0 aliphatic heterocycles. The van der Waals surface area contributed by atoms with E-state index in [0.29, 0.717) is 22.2 Å². The number of aromatic amines is 1. The summed E-state index contributed by atoms with van der Waals surface area (Å²) in [4.78, 5) is 4.08. The minimum atomic E-state index is -0.351. The number of halogens is 3. The lowest BCUT2D eigenvalue weighted by Gasteiger charge is -2.02. The van der Waals surface area contributed by atoms with Crippen LogP contribution in [-0.2, 0) is 12.3 Å². The molecule has 16 heavy (non-hydrogen) atoms. The topological polar surface area (TPSA) is 41.6 Å². The predicted molar refractivity (Wildman–Crippen MR) is 60.2 cm³/mol. The van der Waals surface area contributed by atoms with Crippen molar-refractivity contribution < 1.29 is 4.39 Å². The molecule has 0 radical (unpaired) electrons. The average molecular weight is 260 g/mol. The SMILES string of the molecule is Fc1cccc(Cl)c1Cc1nc(CCl)n[nH]1. The molecule has 0 bridgehead atoms. The summed E-state index contributed by atoms with van der Waals surface area (Å²) in [5.41, 5.74) is 0.404. The zero-order valence-corrected chi connectivity index (χ0v) is 9.69. The first-order chi connectivity index (χ1) is 7.70. The van der Waals surface area contributed by atoms with Crippen LogP contribution in [0.15, 0.2) is 18.2 Å². The number of aromatic nitrogens is 3. The van der Waals surface area contributed by atoms with Crippen LogP contribution in [0, 0.1) is 5.82 Å². The van der Waals surface area contributed by atoms with Crippen molar-refractivity contribution in [2.75, 3.05) is 0 Å². The van der Waals surface area contributed by atoms with Crippen molar-refractivity contribution in [2.45, 2.75) is 12.3 Å². The number of H-pyrrole nitrogens is 1. The van der Waals surface area contributed by atoms with Crippen LogP contribution in [0.4, 0.5) is 4.39 Å². The van der Waals surface area contributed by atoms with Crippen molar-refractivity contribution in [3.8, 4) is 0 Å². The number of hydrogen-bond acceptors (Lipinski definition) is 2. The Hall–Kier alpha value is -1.13. The zero-order chi connectivity index (χ0) is 11.5. The molecule has 1 aromatic heterocycles. The van der Waals surface area contributed by atoms with Gasteiger partial charge in [-0.2, -0.15) is 5.10 Å². The highest BCUT2D eigenvalue weighted by atomic mass is 35.5. The maximum Gasteiger partial charge on any atom is 0.165 e. The largest absolute Gasteiger partial charge is 0.263 e. The van der Waals surface area contributed by atoms with Crippen LogP contribution in [0.5, 0.6) is 0 Å². The molecule has 0 aliphatic rings. The highest BCUT2D eigenvalue weighted by molar-refractivity contribution is 6.31. The van der Waals surface area contributed by atoms with Crippen LogP contribution in [0.3, 0.4) is 0 Å². The minimum Gasteiger partial charge on any atom is -0.263 e. The van der Waals surface area contributed by atoms with E-state index in [1.54, 1.807) is 12.1 Å². The molecular formula is C10H8Cl2FN3. The van der Waals surface area contributed by atoms with Gasteiger partial charge in [-0.3, -0.25) is 5.10 Å². The van der Waals surface area contributed by atoms with Gasteiger partial charge in [-0.25, -0.2) is 9.37 Å². The maximum absolute atomic E-state index is 13.5. The smallest absolute Gasteiger partial charge is 0.165 e. The Morgan fingerprint density at radius 3 is 2.81 bits per heavy atom. The summed E-state index contributed by atoms with van der Waals surface area (Å²) in [5, 5.41) is 6.92. The summed E-state index contributed by atoms with van der Waals surface area (Å²) in [6, 6.07) is 4.56. The van der Waals surface area contributed by atoms with Crippen LogP contribution >= 0.6 is 23.2 Å². The van der Waals surface area contributed by atoms with Gasteiger partial charge in [-0.15, -0.1) is 11.6 Å². The van der Waals surface area contributed by atoms with Gasteiger partial charge in [0.15, 0.2) is 5.82 Å². The molecule has 84 valence electrons. The van der Waals surface area contributed by atoms with E-state index in [9.17, 15) is 4.39 Å². The first-order valence-electron chi connectivity index (χ1n) is 4.59. The Labute approximate surface area is 102 Å². The van der Waals surface area contributed by atoms with E-state index in [-0.39, 0.29) is 18.1 Å². The van der Waals surface area contributed by atoms with Crippen molar-refractivity contribution in [1.29, 1.82) is 0 Å². The highest BCUT2D eigenvalue weighted by Crippen LogP contribution is 2.21. The Balaban J connectivity index is 2.26. The monoisotopic (exact) mass is 259 g/mol. The summed E-state index contributed by atoms with van der Waals surface area (Å²) in [5.74, 6) is 0.907. The van der Waals surface area contributed by atoms with Gasteiger partial charge in [0.1, 0.15) is 11.6 Å². The van der Waals surface area contributed by atoms with Gasteiger partial charge < -0.3 is 0 Å². The zero-order valence-electron chi connectivity index (χ0n) is 8.17. The number of nitrogens with one attached hydrogen (secondary N) is 1. The number of rotatable bonds is 3. The minimum absolute atomic E-state index is 0.224. The molecular weight excluding hydrogens is 252 g/mol. The molecule has 6 heteroatoms. The Morgan fingerprint density at radius 2 is 2.19 bits per heavy atom. The molecule has 0 aliphatic carbocycles. The van der Waals surface area contributed by atoms with Crippen LogP contribution < -0.4 is 0 Å². The van der Waals surface area contributed by atoms with E-state index < -0.39 is 0 Å². The lowest BCUT2D eigenvalue weighted by Crippen LogP contribution is -1.96. The van der Waals surface area contributed by atoms with E-state index >= 15 is 0 Å². The fourth-order valence-electron chi connectivity index (χ4n) is 1.34. The molecule has 3 nitrogen and oxygen atoms in total. The number of hydrogen-bond donors (Lipinski definition) is 1.